The molecule has 0 unspecified atom stereocenters. The molecule has 3 aliphatic rings. The van der Waals surface area contributed by atoms with Gasteiger partial charge in [-0.05, 0) is 37.3 Å². The van der Waals surface area contributed by atoms with Crippen LogP contribution in [-0.2, 0) is 0 Å². The van der Waals surface area contributed by atoms with Crippen LogP contribution in [-0.4, -0.2) is 34.0 Å². The van der Waals surface area contributed by atoms with Crippen LogP contribution in [0, 0.1) is 11.8 Å². The third-order valence-electron chi connectivity index (χ3n) is 4.90. The van der Waals surface area contributed by atoms with Gasteiger partial charge in [-0.1, -0.05) is 12.1 Å². The van der Waals surface area contributed by atoms with Gasteiger partial charge in [0.15, 0.2) is 0 Å². The van der Waals surface area contributed by atoms with Crippen molar-refractivity contribution in [2.75, 3.05) is 0 Å². The average molecular weight is 257 g/mol. The maximum atomic E-state index is 12.4. The normalized spacial score (nSPS) is 36.2. The number of carbonyl (C=O) groups excluding carboxylic acids is 2. The van der Waals surface area contributed by atoms with Crippen LogP contribution in [0.15, 0.2) is 24.3 Å². The highest BCUT2D eigenvalue weighted by Gasteiger charge is 2.52. The Morgan fingerprint density at radius 2 is 1.63 bits per heavy atom. The zero-order valence-electron chi connectivity index (χ0n) is 10.5. The number of aliphatic hydroxyl groups is 1. The predicted octanol–water partition coefficient (Wildman–Crippen LogP) is 1.44. The van der Waals surface area contributed by atoms with Gasteiger partial charge in [0, 0.05) is 12.0 Å². The zero-order valence-corrected chi connectivity index (χ0v) is 10.5. The molecule has 4 atom stereocenters. The molecule has 1 aliphatic heterocycles. The molecule has 0 saturated heterocycles. The number of rotatable bonds is 1. The summed E-state index contributed by atoms with van der Waals surface area (Å²) in [6.07, 6.45) is 2.27. The first-order chi connectivity index (χ1) is 9.16. The largest absolute Gasteiger partial charge is 0.393 e. The number of aliphatic hydroxyl groups excluding tert-OH is 1. The number of fused-ring (bicyclic) bond motifs is 3. The SMILES string of the molecule is O=C1c2ccccc2C(=O)N1[C@@H]1C[C@@H]2C[C@H]1[C@H](O)C2. The highest BCUT2D eigenvalue weighted by Crippen LogP contribution is 2.48. The van der Waals surface area contributed by atoms with Crippen LogP contribution in [0.1, 0.15) is 40.0 Å². The fourth-order valence-electron chi connectivity index (χ4n) is 4.08. The minimum absolute atomic E-state index is 0.0761. The van der Waals surface area contributed by atoms with Crippen LogP contribution in [0.25, 0.3) is 0 Å². The van der Waals surface area contributed by atoms with Gasteiger partial charge in [0.25, 0.3) is 11.8 Å². The summed E-state index contributed by atoms with van der Waals surface area (Å²) >= 11 is 0. The van der Waals surface area contributed by atoms with E-state index in [0.29, 0.717) is 17.0 Å². The Morgan fingerprint density at radius 1 is 1.00 bits per heavy atom. The van der Waals surface area contributed by atoms with Crippen molar-refractivity contribution in [2.24, 2.45) is 11.8 Å². The Hall–Kier alpha value is -1.68. The van der Waals surface area contributed by atoms with Crippen LogP contribution in [0.2, 0.25) is 0 Å². The maximum Gasteiger partial charge on any atom is 0.261 e. The molecule has 2 fully saturated rings. The molecule has 2 saturated carbocycles. The van der Waals surface area contributed by atoms with E-state index < -0.39 is 0 Å². The van der Waals surface area contributed by atoms with Crippen molar-refractivity contribution in [1.82, 2.24) is 4.90 Å². The molecule has 1 heterocycles. The van der Waals surface area contributed by atoms with Crippen LogP contribution in [0.4, 0.5) is 0 Å². The summed E-state index contributed by atoms with van der Waals surface area (Å²) in [4.78, 5) is 26.2. The molecule has 2 aliphatic carbocycles. The van der Waals surface area contributed by atoms with Crippen molar-refractivity contribution < 1.29 is 14.7 Å². The smallest absolute Gasteiger partial charge is 0.261 e. The number of imide groups is 1. The van der Waals surface area contributed by atoms with Gasteiger partial charge in [0.1, 0.15) is 0 Å². The Balaban J connectivity index is 1.71. The first kappa shape index (κ1) is 11.2. The van der Waals surface area contributed by atoms with Crippen LogP contribution < -0.4 is 0 Å². The highest BCUT2D eigenvalue weighted by atomic mass is 16.3. The fourth-order valence-corrected chi connectivity index (χ4v) is 4.08. The second-order valence-corrected chi connectivity index (χ2v) is 5.90. The molecule has 98 valence electrons. The van der Waals surface area contributed by atoms with Crippen molar-refractivity contribution >= 4 is 11.8 Å². The van der Waals surface area contributed by atoms with Crippen molar-refractivity contribution in [3.63, 3.8) is 0 Å². The highest BCUT2D eigenvalue weighted by molar-refractivity contribution is 6.21. The van der Waals surface area contributed by atoms with Crippen molar-refractivity contribution in [3.8, 4) is 0 Å². The van der Waals surface area contributed by atoms with Gasteiger partial charge in [-0.3, -0.25) is 14.5 Å². The summed E-state index contributed by atoms with van der Waals surface area (Å²) in [6, 6.07) is 6.87. The molecule has 4 rings (SSSR count). The standard InChI is InChI=1S/C15H15NO3/c17-13-7-8-5-11(13)12(6-8)16-14(18)9-3-1-2-4-10(9)15(16)19/h1-4,8,11-13,17H,5-7H2/t8-,11+,12+,13+/m0/s1. The first-order valence-corrected chi connectivity index (χ1v) is 6.82. The lowest BCUT2D eigenvalue weighted by Gasteiger charge is -2.32. The molecule has 4 heteroatoms. The predicted molar refractivity (Wildman–Crippen MR) is 67.6 cm³/mol. The van der Waals surface area contributed by atoms with E-state index in [0.717, 1.165) is 19.3 Å². The Kier molecular flexibility index (Phi) is 2.16. The third-order valence-corrected chi connectivity index (χ3v) is 4.90. The number of amides is 2. The number of benzene rings is 1. The number of nitrogens with zero attached hydrogens (tertiary/aromatic N) is 1. The van der Waals surface area contributed by atoms with E-state index in [1.54, 1.807) is 24.3 Å². The molecule has 1 aromatic rings. The quantitative estimate of drug-likeness (QED) is 0.774. The third kappa shape index (κ3) is 1.38. The van der Waals surface area contributed by atoms with Gasteiger partial charge in [0.05, 0.1) is 17.2 Å². The summed E-state index contributed by atoms with van der Waals surface area (Å²) in [5, 5.41) is 9.99. The molecule has 0 aromatic heterocycles. The Bertz CT molecular complexity index is 548. The van der Waals surface area contributed by atoms with Crippen molar-refractivity contribution in [3.05, 3.63) is 35.4 Å². The molecular formula is C15H15NO3. The van der Waals surface area contributed by atoms with E-state index in [4.69, 9.17) is 0 Å². The van der Waals surface area contributed by atoms with E-state index in [9.17, 15) is 14.7 Å². The fraction of sp³-hybridized carbons (Fsp3) is 0.467. The van der Waals surface area contributed by atoms with E-state index >= 15 is 0 Å². The van der Waals surface area contributed by atoms with Crippen LogP contribution in [0.3, 0.4) is 0 Å². The Morgan fingerprint density at radius 3 is 2.16 bits per heavy atom. The molecule has 1 aromatic carbocycles. The lowest BCUT2D eigenvalue weighted by molar-refractivity contribution is 0.0336. The molecule has 0 radical (unpaired) electrons. The number of hydrogen-bond acceptors (Lipinski definition) is 3. The molecule has 2 amide bonds. The van der Waals surface area contributed by atoms with E-state index in [-0.39, 0.29) is 29.9 Å². The Labute approximate surface area is 111 Å². The molecule has 2 bridgehead atoms. The first-order valence-electron chi connectivity index (χ1n) is 6.82. The second kappa shape index (κ2) is 3.67. The van der Waals surface area contributed by atoms with Gasteiger partial charge in [-0.15, -0.1) is 0 Å². The summed E-state index contributed by atoms with van der Waals surface area (Å²) < 4.78 is 0. The minimum atomic E-state index is -0.354. The summed E-state index contributed by atoms with van der Waals surface area (Å²) in [7, 11) is 0. The van der Waals surface area contributed by atoms with E-state index in [1.165, 1.54) is 4.90 Å². The topological polar surface area (TPSA) is 57.6 Å². The lowest BCUT2D eigenvalue weighted by Crippen LogP contribution is -2.46. The molecule has 1 N–H and O–H groups in total. The summed E-state index contributed by atoms with van der Waals surface area (Å²) in [5.74, 6) is 0.164. The number of hydrogen-bond donors (Lipinski definition) is 1. The summed E-state index contributed by atoms with van der Waals surface area (Å²) in [5.41, 5.74) is 1.01. The lowest BCUT2D eigenvalue weighted by atomic mass is 9.91. The molecule has 19 heavy (non-hydrogen) atoms. The van der Waals surface area contributed by atoms with Crippen molar-refractivity contribution in [1.29, 1.82) is 0 Å². The van der Waals surface area contributed by atoms with Crippen LogP contribution in [0.5, 0.6) is 0 Å². The molecule has 0 spiro atoms. The van der Waals surface area contributed by atoms with Gasteiger partial charge in [-0.2, -0.15) is 0 Å². The monoisotopic (exact) mass is 257 g/mol. The summed E-state index contributed by atoms with van der Waals surface area (Å²) in [6.45, 7) is 0. The van der Waals surface area contributed by atoms with Gasteiger partial charge in [-0.25, -0.2) is 0 Å². The van der Waals surface area contributed by atoms with Gasteiger partial charge >= 0.3 is 0 Å². The second-order valence-electron chi connectivity index (χ2n) is 5.90. The van der Waals surface area contributed by atoms with E-state index in [1.807, 2.05) is 0 Å². The van der Waals surface area contributed by atoms with Crippen LogP contribution >= 0.6 is 0 Å². The van der Waals surface area contributed by atoms with Crippen molar-refractivity contribution in [2.45, 2.75) is 31.4 Å². The van der Waals surface area contributed by atoms with Gasteiger partial charge < -0.3 is 5.11 Å². The minimum Gasteiger partial charge on any atom is -0.393 e. The van der Waals surface area contributed by atoms with E-state index in [2.05, 4.69) is 0 Å². The molecule has 4 nitrogen and oxygen atoms in total. The number of carbonyl (C=O) groups is 2. The average Bonchev–Trinajstić information content (AvgIpc) is 3.03. The maximum absolute atomic E-state index is 12.4. The molecular weight excluding hydrogens is 242 g/mol. The zero-order chi connectivity index (χ0) is 13.1. The van der Waals surface area contributed by atoms with Gasteiger partial charge in [0.2, 0.25) is 0 Å².